The fourth-order valence-corrected chi connectivity index (χ4v) is 2.11. The van der Waals surface area contributed by atoms with Crippen molar-refractivity contribution in [3.8, 4) is 0 Å². The van der Waals surface area contributed by atoms with E-state index in [2.05, 4.69) is 19.6 Å². The minimum atomic E-state index is 0.168. The molecule has 0 fully saturated rings. The molecule has 0 aromatic carbocycles. The molecule has 0 aliphatic heterocycles. The van der Waals surface area contributed by atoms with Crippen LogP contribution in [0.5, 0.6) is 0 Å². The normalized spacial score (nSPS) is 20.8. The zero-order valence-corrected chi connectivity index (χ0v) is 10.9. The average molecular weight is 220 g/mol. The van der Waals surface area contributed by atoms with Gasteiger partial charge in [0.15, 0.2) is 0 Å². The van der Waals surface area contributed by atoms with Crippen LogP contribution in [0.25, 0.3) is 0 Å². The number of allylic oxidation sites excluding steroid dienone is 3. The molecule has 1 atom stereocenters. The number of hydrogen-bond acceptors (Lipinski definition) is 1. The fourth-order valence-electron chi connectivity index (χ4n) is 2.11. The van der Waals surface area contributed by atoms with Crippen molar-refractivity contribution in [3.05, 3.63) is 23.8 Å². The third-order valence-corrected chi connectivity index (χ3v) is 3.55. The summed E-state index contributed by atoms with van der Waals surface area (Å²) in [6.07, 6.45) is 7.42. The van der Waals surface area contributed by atoms with Gasteiger partial charge in [-0.15, -0.1) is 0 Å². The van der Waals surface area contributed by atoms with Crippen LogP contribution in [0.15, 0.2) is 23.8 Å². The van der Waals surface area contributed by atoms with Crippen LogP contribution in [0.1, 0.15) is 52.9 Å². The molecule has 1 aliphatic carbocycles. The third-order valence-electron chi connectivity index (χ3n) is 3.55. The van der Waals surface area contributed by atoms with Gasteiger partial charge in [-0.05, 0) is 38.5 Å². The molecule has 0 saturated carbocycles. The highest BCUT2D eigenvalue weighted by atomic mass is 16.1. The summed E-state index contributed by atoms with van der Waals surface area (Å²) in [4.78, 5) is 11.5. The second kappa shape index (κ2) is 6.03. The maximum Gasteiger partial charge on any atom is 0.135 e. The smallest absolute Gasteiger partial charge is 0.135 e. The molecule has 0 N–H and O–H groups in total. The van der Waals surface area contributed by atoms with Gasteiger partial charge in [-0.1, -0.05) is 37.6 Å². The summed E-state index contributed by atoms with van der Waals surface area (Å²) in [6, 6.07) is 0. The first-order valence-corrected chi connectivity index (χ1v) is 6.36. The molecule has 90 valence electrons. The average Bonchev–Trinajstić information content (AvgIpc) is 2.26. The topological polar surface area (TPSA) is 17.1 Å². The van der Waals surface area contributed by atoms with E-state index in [1.165, 1.54) is 24.0 Å². The highest BCUT2D eigenvalue weighted by Crippen LogP contribution is 2.30. The van der Waals surface area contributed by atoms with Crippen molar-refractivity contribution >= 4 is 5.78 Å². The lowest BCUT2D eigenvalue weighted by atomic mass is 9.83. The van der Waals surface area contributed by atoms with Gasteiger partial charge in [0.25, 0.3) is 0 Å². The van der Waals surface area contributed by atoms with Crippen LogP contribution < -0.4 is 0 Å². The standard InChI is InChI=1S/C15H24O/c1-11(2)15(16)10-7-13(4)14-8-5-12(3)6-9-14/h5,11,14H,4,6-10H2,1-3H3/t14-/m0/s1. The predicted octanol–water partition coefficient (Wildman–Crippen LogP) is 4.29. The summed E-state index contributed by atoms with van der Waals surface area (Å²) < 4.78 is 0. The number of carbonyl (C=O) groups excluding carboxylic acids is 1. The number of ketones is 1. The van der Waals surface area contributed by atoms with Crippen LogP contribution in [-0.2, 0) is 4.79 Å². The lowest BCUT2D eigenvalue weighted by Crippen LogP contribution is -2.11. The highest BCUT2D eigenvalue weighted by molar-refractivity contribution is 5.80. The van der Waals surface area contributed by atoms with Gasteiger partial charge in [-0.2, -0.15) is 0 Å². The molecule has 0 heterocycles. The second-order valence-corrected chi connectivity index (χ2v) is 5.30. The van der Waals surface area contributed by atoms with E-state index in [9.17, 15) is 4.79 Å². The predicted molar refractivity (Wildman–Crippen MR) is 69.3 cm³/mol. The molecular weight excluding hydrogens is 196 g/mol. The van der Waals surface area contributed by atoms with E-state index < -0.39 is 0 Å². The van der Waals surface area contributed by atoms with Crippen molar-refractivity contribution in [2.75, 3.05) is 0 Å². The van der Waals surface area contributed by atoms with E-state index in [0.29, 0.717) is 18.1 Å². The Morgan fingerprint density at radius 3 is 2.69 bits per heavy atom. The molecule has 0 amide bonds. The molecule has 1 rings (SSSR count). The number of Topliss-reactive ketones (excluding diaryl/α,β-unsaturated/α-hetero) is 1. The molecule has 0 aromatic heterocycles. The number of rotatable bonds is 5. The van der Waals surface area contributed by atoms with E-state index in [-0.39, 0.29) is 5.92 Å². The number of hydrogen-bond donors (Lipinski definition) is 0. The van der Waals surface area contributed by atoms with Crippen LogP contribution in [-0.4, -0.2) is 5.78 Å². The van der Waals surface area contributed by atoms with Crippen molar-refractivity contribution in [1.82, 2.24) is 0 Å². The lowest BCUT2D eigenvalue weighted by molar-refractivity contribution is -0.121. The Balaban J connectivity index is 2.34. The van der Waals surface area contributed by atoms with Gasteiger partial charge < -0.3 is 0 Å². The Morgan fingerprint density at radius 2 is 2.19 bits per heavy atom. The SMILES string of the molecule is C=C(CCC(=O)C(C)C)[C@H]1CC=C(C)CC1. The minimum Gasteiger partial charge on any atom is -0.299 e. The molecule has 1 heteroatoms. The first-order chi connectivity index (χ1) is 7.50. The van der Waals surface area contributed by atoms with Gasteiger partial charge in [0.05, 0.1) is 0 Å². The van der Waals surface area contributed by atoms with Crippen LogP contribution in [0, 0.1) is 11.8 Å². The van der Waals surface area contributed by atoms with Crippen molar-refractivity contribution in [2.45, 2.75) is 52.9 Å². The third kappa shape index (κ3) is 3.96. The Kier molecular flexibility index (Phi) is 4.98. The zero-order chi connectivity index (χ0) is 12.1. The van der Waals surface area contributed by atoms with Crippen molar-refractivity contribution < 1.29 is 4.79 Å². The summed E-state index contributed by atoms with van der Waals surface area (Å²) in [5.41, 5.74) is 2.78. The van der Waals surface area contributed by atoms with Crippen molar-refractivity contribution in [1.29, 1.82) is 0 Å². The minimum absolute atomic E-state index is 0.168. The van der Waals surface area contributed by atoms with Crippen LogP contribution >= 0.6 is 0 Å². The van der Waals surface area contributed by atoms with Crippen molar-refractivity contribution in [3.63, 3.8) is 0 Å². The Labute approximate surface area is 99.6 Å². The molecule has 1 nitrogen and oxygen atoms in total. The van der Waals surface area contributed by atoms with Crippen LogP contribution in [0.2, 0.25) is 0 Å². The van der Waals surface area contributed by atoms with Gasteiger partial charge >= 0.3 is 0 Å². The highest BCUT2D eigenvalue weighted by Gasteiger charge is 2.16. The Hall–Kier alpha value is -0.850. The molecule has 0 saturated heterocycles. The van der Waals surface area contributed by atoms with Crippen LogP contribution in [0.3, 0.4) is 0 Å². The van der Waals surface area contributed by atoms with E-state index in [4.69, 9.17) is 0 Å². The number of carbonyl (C=O) groups is 1. The molecule has 0 spiro atoms. The largest absolute Gasteiger partial charge is 0.299 e. The summed E-state index contributed by atoms with van der Waals surface area (Å²) in [6.45, 7) is 10.3. The Bertz CT molecular complexity index is 297. The molecule has 16 heavy (non-hydrogen) atoms. The summed E-state index contributed by atoms with van der Waals surface area (Å²) >= 11 is 0. The van der Waals surface area contributed by atoms with E-state index >= 15 is 0 Å². The summed E-state index contributed by atoms with van der Waals surface area (Å²) in [5, 5.41) is 0. The monoisotopic (exact) mass is 220 g/mol. The van der Waals surface area contributed by atoms with Gasteiger partial charge in [0.1, 0.15) is 5.78 Å². The summed E-state index contributed by atoms with van der Waals surface area (Å²) in [5.74, 6) is 1.15. The molecule has 0 bridgehead atoms. The lowest BCUT2D eigenvalue weighted by Gasteiger charge is -2.22. The zero-order valence-electron chi connectivity index (χ0n) is 10.9. The molecule has 0 aromatic rings. The van der Waals surface area contributed by atoms with Gasteiger partial charge in [-0.25, -0.2) is 0 Å². The van der Waals surface area contributed by atoms with Crippen molar-refractivity contribution in [2.24, 2.45) is 11.8 Å². The van der Waals surface area contributed by atoms with Gasteiger partial charge in [0, 0.05) is 12.3 Å². The molecule has 0 radical (unpaired) electrons. The fraction of sp³-hybridized carbons (Fsp3) is 0.667. The first kappa shape index (κ1) is 13.2. The Morgan fingerprint density at radius 1 is 1.50 bits per heavy atom. The maximum atomic E-state index is 11.5. The van der Waals surface area contributed by atoms with E-state index in [0.717, 1.165) is 12.8 Å². The van der Waals surface area contributed by atoms with E-state index in [1.54, 1.807) is 0 Å². The quantitative estimate of drug-likeness (QED) is 0.631. The van der Waals surface area contributed by atoms with Crippen LogP contribution in [0.4, 0.5) is 0 Å². The molecule has 1 aliphatic rings. The molecule has 0 unspecified atom stereocenters. The first-order valence-electron chi connectivity index (χ1n) is 6.36. The van der Waals surface area contributed by atoms with E-state index in [1.807, 2.05) is 13.8 Å². The summed E-state index contributed by atoms with van der Waals surface area (Å²) in [7, 11) is 0. The molecular formula is C15H24O. The van der Waals surface area contributed by atoms with Gasteiger partial charge in [-0.3, -0.25) is 4.79 Å². The van der Waals surface area contributed by atoms with Gasteiger partial charge in [0.2, 0.25) is 0 Å². The maximum absolute atomic E-state index is 11.5. The second-order valence-electron chi connectivity index (χ2n) is 5.30.